The minimum absolute atomic E-state index is 0.0730. The van der Waals surface area contributed by atoms with Crippen LogP contribution < -0.4 is 5.14 Å². The van der Waals surface area contributed by atoms with Gasteiger partial charge < -0.3 is 0 Å². The van der Waals surface area contributed by atoms with Crippen molar-refractivity contribution in [3.63, 3.8) is 0 Å². The van der Waals surface area contributed by atoms with Crippen molar-refractivity contribution < 1.29 is 12.8 Å². The standard InChI is InChI=1S/C22H18FN3O2S2/c23-18-7-4-8-19(13-18)26-14-21(17-5-2-1-3-6-17)25-22(26)29-15-16-9-11-20(12-10-16)30(24,27)28/h1-14H,15H2,(H2,24,27,28). The van der Waals surface area contributed by atoms with E-state index in [4.69, 9.17) is 10.1 Å². The zero-order chi connectivity index (χ0) is 21.1. The lowest BCUT2D eigenvalue weighted by Gasteiger charge is -2.08. The highest BCUT2D eigenvalue weighted by atomic mass is 32.2. The summed E-state index contributed by atoms with van der Waals surface area (Å²) < 4.78 is 38.5. The third-order valence-corrected chi connectivity index (χ3v) is 6.40. The van der Waals surface area contributed by atoms with Crippen LogP contribution in [0, 0.1) is 5.82 Å². The van der Waals surface area contributed by atoms with Gasteiger partial charge in [0, 0.05) is 17.5 Å². The fourth-order valence-corrected chi connectivity index (χ4v) is 4.41. The molecule has 2 N–H and O–H groups in total. The Hall–Kier alpha value is -2.94. The Balaban J connectivity index is 1.65. The SMILES string of the molecule is NS(=O)(=O)c1ccc(CSc2nc(-c3ccccc3)cn2-c2cccc(F)c2)cc1. The van der Waals surface area contributed by atoms with Crippen molar-refractivity contribution in [2.24, 2.45) is 5.14 Å². The second kappa shape index (κ2) is 8.43. The van der Waals surface area contributed by atoms with Crippen molar-refractivity contribution >= 4 is 21.8 Å². The molecule has 30 heavy (non-hydrogen) atoms. The van der Waals surface area contributed by atoms with E-state index in [1.54, 1.807) is 18.2 Å². The molecule has 0 aliphatic heterocycles. The van der Waals surface area contributed by atoms with Crippen molar-refractivity contribution in [1.29, 1.82) is 0 Å². The molecule has 152 valence electrons. The van der Waals surface area contributed by atoms with Crippen LogP contribution in [0.15, 0.2) is 95.1 Å². The van der Waals surface area contributed by atoms with Crippen molar-refractivity contribution in [3.05, 3.63) is 96.4 Å². The average molecular weight is 440 g/mol. The summed E-state index contributed by atoms with van der Waals surface area (Å²) in [5.74, 6) is 0.239. The Morgan fingerprint density at radius 1 is 0.967 bits per heavy atom. The van der Waals surface area contributed by atoms with Crippen LogP contribution in [0.25, 0.3) is 16.9 Å². The highest BCUT2D eigenvalue weighted by Gasteiger charge is 2.13. The van der Waals surface area contributed by atoms with E-state index >= 15 is 0 Å². The summed E-state index contributed by atoms with van der Waals surface area (Å²) in [6.07, 6.45) is 1.89. The highest BCUT2D eigenvalue weighted by molar-refractivity contribution is 7.98. The van der Waals surface area contributed by atoms with Crippen molar-refractivity contribution in [1.82, 2.24) is 9.55 Å². The number of hydrogen-bond acceptors (Lipinski definition) is 4. The molecule has 1 heterocycles. The van der Waals surface area contributed by atoms with Crippen LogP contribution in [0.3, 0.4) is 0 Å². The van der Waals surface area contributed by atoms with Crippen molar-refractivity contribution in [2.75, 3.05) is 0 Å². The number of rotatable bonds is 6. The molecule has 0 amide bonds. The topological polar surface area (TPSA) is 78.0 Å². The maximum absolute atomic E-state index is 13.8. The van der Waals surface area contributed by atoms with E-state index in [9.17, 15) is 12.8 Å². The van der Waals surface area contributed by atoms with Gasteiger partial charge in [-0.2, -0.15) is 0 Å². The van der Waals surface area contributed by atoms with Gasteiger partial charge in [0.1, 0.15) is 5.82 Å². The molecule has 1 aromatic heterocycles. The van der Waals surface area contributed by atoms with Gasteiger partial charge in [0.25, 0.3) is 0 Å². The second-order valence-electron chi connectivity index (χ2n) is 6.60. The number of benzene rings is 3. The molecule has 0 unspecified atom stereocenters. The van der Waals surface area contributed by atoms with Gasteiger partial charge in [0.15, 0.2) is 5.16 Å². The first-order valence-corrected chi connectivity index (χ1v) is 11.6. The number of nitrogens with two attached hydrogens (primary N) is 1. The smallest absolute Gasteiger partial charge is 0.238 e. The number of sulfonamides is 1. The van der Waals surface area contributed by atoms with Gasteiger partial charge in [0.2, 0.25) is 10.0 Å². The van der Waals surface area contributed by atoms with Crippen LogP contribution >= 0.6 is 11.8 Å². The number of primary sulfonamides is 1. The maximum atomic E-state index is 13.8. The Bertz CT molecular complexity index is 1270. The largest absolute Gasteiger partial charge is 0.294 e. The number of halogens is 1. The Labute approximate surface area is 178 Å². The molecule has 0 aliphatic carbocycles. The molecule has 4 rings (SSSR count). The normalized spacial score (nSPS) is 11.5. The maximum Gasteiger partial charge on any atom is 0.238 e. The predicted molar refractivity (Wildman–Crippen MR) is 116 cm³/mol. The Kier molecular flexibility index (Phi) is 5.72. The van der Waals surface area contributed by atoms with Crippen LogP contribution in [0.2, 0.25) is 0 Å². The van der Waals surface area contributed by atoms with Gasteiger partial charge in [-0.05, 0) is 35.9 Å². The number of nitrogens with zero attached hydrogens (tertiary/aromatic N) is 2. The molecular formula is C22H18FN3O2S2. The van der Waals surface area contributed by atoms with E-state index in [0.29, 0.717) is 16.6 Å². The lowest BCUT2D eigenvalue weighted by molar-refractivity contribution is 0.598. The average Bonchev–Trinajstić information content (AvgIpc) is 3.17. The first-order valence-electron chi connectivity index (χ1n) is 9.05. The van der Waals surface area contributed by atoms with Gasteiger partial charge in [-0.15, -0.1) is 0 Å². The molecule has 5 nitrogen and oxygen atoms in total. The molecule has 3 aromatic carbocycles. The van der Waals surface area contributed by atoms with Gasteiger partial charge in [-0.1, -0.05) is 60.3 Å². The van der Waals surface area contributed by atoms with Gasteiger partial charge in [0.05, 0.1) is 16.3 Å². The number of hydrogen-bond donors (Lipinski definition) is 1. The van der Waals surface area contributed by atoms with Gasteiger partial charge in [-0.3, -0.25) is 4.57 Å². The third-order valence-electron chi connectivity index (χ3n) is 4.45. The summed E-state index contributed by atoms with van der Waals surface area (Å²) in [6, 6.07) is 22.5. The lowest BCUT2D eigenvalue weighted by atomic mass is 10.2. The Morgan fingerprint density at radius 2 is 1.70 bits per heavy atom. The number of aromatic nitrogens is 2. The lowest BCUT2D eigenvalue weighted by Crippen LogP contribution is -2.11. The molecule has 0 fully saturated rings. The molecule has 0 spiro atoms. The van der Waals surface area contributed by atoms with E-state index in [1.165, 1.54) is 36.0 Å². The molecule has 0 aliphatic rings. The zero-order valence-electron chi connectivity index (χ0n) is 15.8. The van der Waals surface area contributed by atoms with Crippen LogP contribution in [0.1, 0.15) is 5.56 Å². The molecule has 0 radical (unpaired) electrons. The summed E-state index contributed by atoms with van der Waals surface area (Å²) in [5, 5.41) is 5.85. The number of imidazole rings is 1. The van der Waals surface area contributed by atoms with Crippen LogP contribution in [0.5, 0.6) is 0 Å². The number of thioether (sulfide) groups is 1. The van der Waals surface area contributed by atoms with Gasteiger partial charge >= 0.3 is 0 Å². The highest BCUT2D eigenvalue weighted by Crippen LogP contribution is 2.29. The third kappa shape index (κ3) is 4.62. The molecule has 0 bridgehead atoms. The zero-order valence-corrected chi connectivity index (χ0v) is 17.4. The minimum Gasteiger partial charge on any atom is -0.294 e. The first-order chi connectivity index (χ1) is 14.4. The molecule has 8 heteroatoms. The molecule has 0 saturated carbocycles. The van der Waals surface area contributed by atoms with Crippen LogP contribution in [-0.4, -0.2) is 18.0 Å². The van der Waals surface area contributed by atoms with E-state index in [2.05, 4.69) is 0 Å². The summed E-state index contributed by atoms with van der Waals surface area (Å²) in [7, 11) is -3.72. The fraction of sp³-hybridized carbons (Fsp3) is 0.0455. The van der Waals surface area contributed by atoms with E-state index in [1.807, 2.05) is 47.2 Å². The summed E-state index contributed by atoms with van der Waals surface area (Å²) >= 11 is 1.48. The predicted octanol–water partition coefficient (Wildman–Crippen LogP) is 4.62. The van der Waals surface area contributed by atoms with Crippen LogP contribution in [-0.2, 0) is 15.8 Å². The Morgan fingerprint density at radius 3 is 2.37 bits per heavy atom. The first kappa shape index (κ1) is 20.3. The van der Waals surface area contributed by atoms with Crippen LogP contribution in [0.4, 0.5) is 4.39 Å². The molecule has 0 saturated heterocycles. The monoisotopic (exact) mass is 439 g/mol. The second-order valence-corrected chi connectivity index (χ2v) is 9.11. The molecule has 0 atom stereocenters. The van der Waals surface area contributed by atoms with E-state index in [0.717, 1.165) is 16.8 Å². The van der Waals surface area contributed by atoms with Crippen molar-refractivity contribution in [2.45, 2.75) is 15.8 Å². The van der Waals surface area contributed by atoms with E-state index < -0.39 is 10.0 Å². The summed E-state index contributed by atoms with van der Waals surface area (Å²) in [5.41, 5.74) is 3.35. The summed E-state index contributed by atoms with van der Waals surface area (Å²) in [4.78, 5) is 4.82. The van der Waals surface area contributed by atoms with Gasteiger partial charge in [-0.25, -0.2) is 22.9 Å². The van der Waals surface area contributed by atoms with Crippen molar-refractivity contribution in [3.8, 4) is 16.9 Å². The summed E-state index contributed by atoms with van der Waals surface area (Å²) in [6.45, 7) is 0. The fourth-order valence-electron chi connectivity index (χ4n) is 2.95. The quantitative estimate of drug-likeness (QED) is 0.445. The molecular weight excluding hydrogens is 421 g/mol. The minimum atomic E-state index is -3.72. The molecule has 4 aromatic rings. The van der Waals surface area contributed by atoms with E-state index in [-0.39, 0.29) is 10.7 Å².